The third-order valence-corrected chi connectivity index (χ3v) is 3.49. The molecule has 0 aliphatic carbocycles. The Balaban J connectivity index is 2.78. The van der Waals surface area contributed by atoms with E-state index >= 15 is 0 Å². The lowest BCUT2D eigenvalue weighted by molar-refractivity contribution is 0.663. The van der Waals surface area contributed by atoms with E-state index in [1.165, 1.54) is 6.08 Å². The number of nitrogens with zero attached hydrogens (tertiary/aromatic N) is 2. The van der Waals surface area contributed by atoms with Gasteiger partial charge in [0.05, 0.1) is 18.1 Å². The summed E-state index contributed by atoms with van der Waals surface area (Å²) >= 11 is 0. The second-order valence-electron chi connectivity index (χ2n) is 5.03. The van der Waals surface area contributed by atoms with Gasteiger partial charge in [0, 0.05) is 0 Å². The van der Waals surface area contributed by atoms with Gasteiger partial charge in [0.25, 0.3) is 0 Å². The van der Waals surface area contributed by atoms with Gasteiger partial charge in [-0.05, 0) is 28.3 Å². The van der Waals surface area contributed by atoms with E-state index < -0.39 is 5.83 Å². The standard InChI is InChI=1S/C21H15FN2/c1-16(22)19(15-24)14-21(18-10-6-3-7-11-18)20(12-13-23)17-8-4-2-5-9-17/h2-11,14H,1,12H2/b19-14-,21-20-. The van der Waals surface area contributed by atoms with Crippen molar-refractivity contribution in [2.24, 2.45) is 0 Å². The van der Waals surface area contributed by atoms with E-state index in [0.29, 0.717) is 5.57 Å². The number of allylic oxidation sites excluding steroid dienone is 5. The van der Waals surface area contributed by atoms with Crippen LogP contribution in [-0.2, 0) is 0 Å². The summed E-state index contributed by atoms with van der Waals surface area (Å²) in [6.45, 7) is 3.21. The van der Waals surface area contributed by atoms with Gasteiger partial charge in [-0.1, -0.05) is 67.2 Å². The summed E-state index contributed by atoms with van der Waals surface area (Å²) in [5.41, 5.74) is 2.88. The van der Waals surface area contributed by atoms with Gasteiger partial charge in [0.15, 0.2) is 0 Å². The Bertz CT molecular complexity index is 864. The minimum Gasteiger partial charge on any atom is -0.206 e. The fourth-order valence-corrected chi connectivity index (χ4v) is 2.35. The Labute approximate surface area is 141 Å². The van der Waals surface area contributed by atoms with Gasteiger partial charge in [-0.25, -0.2) is 4.39 Å². The van der Waals surface area contributed by atoms with E-state index in [0.717, 1.165) is 16.7 Å². The van der Waals surface area contributed by atoms with Crippen molar-refractivity contribution >= 4 is 11.1 Å². The number of benzene rings is 2. The molecule has 0 radical (unpaired) electrons. The van der Waals surface area contributed by atoms with Crippen molar-refractivity contribution in [3.8, 4) is 12.1 Å². The molecule has 24 heavy (non-hydrogen) atoms. The van der Waals surface area contributed by atoms with Crippen LogP contribution in [-0.4, -0.2) is 0 Å². The summed E-state index contributed by atoms with van der Waals surface area (Å²) in [7, 11) is 0. The first-order chi connectivity index (χ1) is 11.7. The minimum atomic E-state index is -0.796. The van der Waals surface area contributed by atoms with Crippen LogP contribution < -0.4 is 0 Å². The monoisotopic (exact) mass is 314 g/mol. The van der Waals surface area contributed by atoms with Crippen molar-refractivity contribution in [1.29, 1.82) is 10.5 Å². The topological polar surface area (TPSA) is 47.6 Å². The molecule has 0 spiro atoms. The lowest BCUT2D eigenvalue weighted by Gasteiger charge is -2.12. The third kappa shape index (κ3) is 4.06. The van der Waals surface area contributed by atoms with Crippen LogP contribution in [0, 0.1) is 22.7 Å². The normalized spacial score (nSPS) is 11.9. The quantitative estimate of drug-likeness (QED) is 0.419. The van der Waals surface area contributed by atoms with Gasteiger partial charge < -0.3 is 0 Å². The van der Waals surface area contributed by atoms with Crippen molar-refractivity contribution in [2.75, 3.05) is 0 Å². The molecule has 2 aromatic rings. The molecule has 3 heteroatoms. The molecule has 0 aliphatic heterocycles. The molecule has 0 fully saturated rings. The number of nitriles is 2. The lowest BCUT2D eigenvalue weighted by Crippen LogP contribution is -1.92. The van der Waals surface area contributed by atoms with E-state index in [-0.39, 0.29) is 12.0 Å². The average molecular weight is 314 g/mol. The van der Waals surface area contributed by atoms with Crippen LogP contribution >= 0.6 is 0 Å². The number of hydrogen-bond acceptors (Lipinski definition) is 2. The van der Waals surface area contributed by atoms with Crippen LogP contribution in [0.1, 0.15) is 17.5 Å². The number of rotatable bonds is 5. The summed E-state index contributed by atoms with van der Waals surface area (Å²) in [5.74, 6) is -0.796. The Morgan fingerprint density at radius 1 is 0.958 bits per heavy atom. The molecule has 0 unspecified atom stereocenters. The lowest BCUT2D eigenvalue weighted by atomic mass is 9.91. The summed E-state index contributed by atoms with van der Waals surface area (Å²) in [5, 5.41) is 18.4. The Morgan fingerprint density at radius 2 is 1.50 bits per heavy atom. The first-order valence-electron chi connectivity index (χ1n) is 7.35. The van der Waals surface area contributed by atoms with Crippen LogP contribution in [0.3, 0.4) is 0 Å². The SMILES string of the molecule is C=C(F)/C(C#N)=C\C(=C(/CC#N)c1ccccc1)c1ccccc1. The van der Waals surface area contributed by atoms with Gasteiger partial charge >= 0.3 is 0 Å². The Hall–Kier alpha value is -3.43. The van der Waals surface area contributed by atoms with E-state index in [1.807, 2.05) is 66.7 Å². The molecular weight excluding hydrogens is 299 g/mol. The molecule has 0 saturated heterocycles. The first kappa shape index (κ1) is 16.9. The zero-order valence-corrected chi connectivity index (χ0v) is 13.0. The van der Waals surface area contributed by atoms with Gasteiger partial charge in [-0.3, -0.25) is 0 Å². The maximum absolute atomic E-state index is 13.5. The molecule has 2 nitrogen and oxygen atoms in total. The molecule has 0 bridgehead atoms. The van der Waals surface area contributed by atoms with Crippen LogP contribution in [0.15, 0.2) is 84.7 Å². The molecule has 2 aromatic carbocycles. The van der Waals surface area contributed by atoms with E-state index in [1.54, 1.807) is 0 Å². The molecule has 2 rings (SSSR count). The van der Waals surface area contributed by atoms with Crippen molar-refractivity contribution in [3.63, 3.8) is 0 Å². The van der Waals surface area contributed by atoms with E-state index in [4.69, 9.17) is 5.26 Å². The zero-order valence-electron chi connectivity index (χ0n) is 13.0. The van der Waals surface area contributed by atoms with Crippen molar-refractivity contribution in [1.82, 2.24) is 0 Å². The highest BCUT2D eigenvalue weighted by Crippen LogP contribution is 2.31. The van der Waals surface area contributed by atoms with Gasteiger partial charge in [-0.15, -0.1) is 0 Å². The average Bonchev–Trinajstić information content (AvgIpc) is 2.62. The molecule has 0 N–H and O–H groups in total. The van der Waals surface area contributed by atoms with Gasteiger partial charge in [-0.2, -0.15) is 10.5 Å². The Morgan fingerprint density at radius 3 is 1.96 bits per heavy atom. The number of hydrogen-bond donors (Lipinski definition) is 0. The number of halogens is 1. The second-order valence-corrected chi connectivity index (χ2v) is 5.03. The van der Waals surface area contributed by atoms with Crippen LogP contribution in [0.5, 0.6) is 0 Å². The maximum atomic E-state index is 13.5. The molecule has 116 valence electrons. The highest BCUT2D eigenvalue weighted by molar-refractivity contribution is 5.97. The summed E-state index contributed by atoms with van der Waals surface area (Å²) in [6, 6.07) is 22.7. The van der Waals surface area contributed by atoms with Crippen LogP contribution in [0.2, 0.25) is 0 Å². The zero-order chi connectivity index (χ0) is 17.4. The first-order valence-corrected chi connectivity index (χ1v) is 7.35. The van der Waals surface area contributed by atoms with Crippen molar-refractivity contribution in [3.05, 3.63) is 95.8 Å². The summed E-state index contributed by atoms with van der Waals surface area (Å²) in [4.78, 5) is 0. The van der Waals surface area contributed by atoms with Crippen molar-refractivity contribution < 1.29 is 4.39 Å². The second kappa shape index (κ2) is 8.27. The predicted octanol–water partition coefficient (Wildman–Crippen LogP) is 5.44. The van der Waals surface area contributed by atoms with Crippen molar-refractivity contribution in [2.45, 2.75) is 6.42 Å². The van der Waals surface area contributed by atoms with Gasteiger partial charge in [0.1, 0.15) is 11.9 Å². The summed E-state index contributed by atoms with van der Waals surface area (Å²) in [6.07, 6.45) is 1.60. The van der Waals surface area contributed by atoms with E-state index in [2.05, 4.69) is 12.6 Å². The predicted molar refractivity (Wildman–Crippen MR) is 93.9 cm³/mol. The van der Waals surface area contributed by atoms with Crippen LogP contribution in [0.25, 0.3) is 11.1 Å². The third-order valence-electron chi connectivity index (χ3n) is 3.49. The molecular formula is C21H15FN2. The summed E-state index contributed by atoms with van der Waals surface area (Å²) < 4.78 is 13.5. The molecule has 0 aromatic heterocycles. The molecule has 0 amide bonds. The molecule has 0 atom stereocenters. The highest BCUT2D eigenvalue weighted by Gasteiger charge is 2.12. The Kier molecular flexibility index (Phi) is 5.83. The largest absolute Gasteiger partial charge is 0.206 e. The minimum absolute atomic E-state index is 0.141. The maximum Gasteiger partial charge on any atom is 0.133 e. The van der Waals surface area contributed by atoms with Crippen LogP contribution in [0.4, 0.5) is 4.39 Å². The molecule has 0 aliphatic rings. The smallest absolute Gasteiger partial charge is 0.133 e. The fourth-order valence-electron chi connectivity index (χ4n) is 2.35. The fraction of sp³-hybridized carbons (Fsp3) is 0.0476. The molecule has 0 saturated carbocycles. The van der Waals surface area contributed by atoms with Gasteiger partial charge in [0.2, 0.25) is 0 Å². The molecule has 0 heterocycles. The van der Waals surface area contributed by atoms with E-state index in [9.17, 15) is 9.65 Å². The highest BCUT2D eigenvalue weighted by atomic mass is 19.1.